The Hall–Kier alpha value is -3.55. The number of methoxy groups -OCH3 is 1. The molecule has 8 heteroatoms. The third-order valence-corrected chi connectivity index (χ3v) is 7.09. The van der Waals surface area contributed by atoms with Gasteiger partial charge in [0, 0.05) is 37.7 Å². The summed E-state index contributed by atoms with van der Waals surface area (Å²) in [5.41, 5.74) is 3.78. The number of imide groups is 1. The van der Waals surface area contributed by atoms with E-state index in [1.807, 2.05) is 43.3 Å². The SMILES string of the molecule is CCOc1cc(CN2CCN(c3cccc4c3C(=O)N(Cc3cccc(Cl)c3)C4=O)CC2)ccc1OC. The summed E-state index contributed by atoms with van der Waals surface area (Å²) in [7, 11) is 1.64. The van der Waals surface area contributed by atoms with Crippen LogP contribution in [0.3, 0.4) is 0 Å². The number of ether oxygens (including phenoxy) is 2. The lowest BCUT2D eigenvalue weighted by Crippen LogP contribution is -2.46. The third-order valence-electron chi connectivity index (χ3n) is 6.85. The van der Waals surface area contributed by atoms with Crippen LogP contribution in [0.4, 0.5) is 5.69 Å². The first-order valence-electron chi connectivity index (χ1n) is 12.5. The molecule has 0 atom stereocenters. The minimum absolute atomic E-state index is 0.200. The van der Waals surface area contributed by atoms with Crippen LogP contribution in [0, 0.1) is 0 Å². The van der Waals surface area contributed by atoms with E-state index < -0.39 is 0 Å². The number of nitrogens with zero attached hydrogens (tertiary/aromatic N) is 3. The van der Waals surface area contributed by atoms with Gasteiger partial charge in [-0.2, -0.15) is 0 Å². The van der Waals surface area contributed by atoms with Crippen LogP contribution in [-0.2, 0) is 13.1 Å². The maximum absolute atomic E-state index is 13.4. The van der Waals surface area contributed by atoms with Crippen LogP contribution in [0.25, 0.3) is 0 Å². The molecule has 0 aromatic heterocycles. The number of amides is 2. The Labute approximate surface area is 222 Å². The number of halogens is 1. The molecule has 2 heterocycles. The maximum atomic E-state index is 13.4. The Morgan fingerprint density at radius 2 is 1.59 bits per heavy atom. The zero-order valence-corrected chi connectivity index (χ0v) is 21.8. The number of piperazine rings is 1. The molecular weight excluding hydrogens is 490 g/mol. The molecule has 7 nitrogen and oxygen atoms in total. The number of anilines is 1. The largest absolute Gasteiger partial charge is 0.493 e. The van der Waals surface area contributed by atoms with Crippen molar-refractivity contribution in [2.75, 3.05) is 44.8 Å². The number of benzene rings is 3. The quantitative estimate of drug-likeness (QED) is 0.396. The van der Waals surface area contributed by atoms with E-state index in [0.717, 1.165) is 61.0 Å². The predicted octanol–water partition coefficient (Wildman–Crippen LogP) is 4.87. The monoisotopic (exact) mass is 519 g/mol. The van der Waals surface area contributed by atoms with E-state index >= 15 is 0 Å². The van der Waals surface area contributed by atoms with Crippen LogP contribution in [0.2, 0.25) is 5.02 Å². The maximum Gasteiger partial charge on any atom is 0.263 e. The highest BCUT2D eigenvalue weighted by molar-refractivity contribution is 6.30. The second-order valence-corrected chi connectivity index (χ2v) is 9.64. The number of hydrogen-bond donors (Lipinski definition) is 0. The van der Waals surface area contributed by atoms with E-state index in [9.17, 15) is 9.59 Å². The molecule has 3 aromatic rings. The van der Waals surface area contributed by atoms with Gasteiger partial charge < -0.3 is 14.4 Å². The van der Waals surface area contributed by atoms with Gasteiger partial charge in [-0.1, -0.05) is 35.9 Å². The van der Waals surface area contributed by atoms with Crippen molar-refractivity contribution in [1.82, 2.24) is 9.80 Å². The van der Waals surface area contributed by atoms with Crippen molar-refractivity contribution in [2.45, 2.75) is 20.0 Å². The molecule has 0 radical (unpaired) electrons. The van der Waals surface area contributed by atoms with Gasteiger partial charge in [0.2, 0.25) is 0 Å². The standard InChI is InChI=1S/C29H30ClN3O4/c1-3-37-26-17-21(10-11-25(26)36-2)18-31-12-14-32(15-13-31)24-9-5-8-23-27(24)29(35)33(28(23)34)19-20-6-4-7-22(30)16-20/h4-11,16-17H,3,12-15,18-19H2,1-2H3. The molecule has 3 aromatic carbocycles. The molecule has 0 unspecified atom stereocenters. The Morgan fingerprint density at radius 3 is 2.32 bits per heavy atom. The summed E-state index contributed by atoms with van der Waals surface area (Å²) in [6.07, 6.45) is 0. The number of rotatable bonds is 8. The summed E-state index contributed by atoms with van der Waals surface area (Å²) < 4.78 is 11.1. The summed E-state index contributed by atoms with van der Waals surface area (Å²) in [6, 6.07) is 18.9. The number of carbonyl (C=O) groups is 2. The molecule has 37 heavy (non-hydrogen) atoms. The molecule has 5 rings (SSSR count). The lowest BCUT2D eigenvalue weighted by atomic mass is 10.1. The molecule has 0 N–H and O–H groups in total. The second-order valence-electron chi connectivity index (χ2n) is 9.21. The van der Waals surface area contributed by atoms with Gasteiger partial charge in [-0.05, 0) is 54.4 Å². The van der Waals surface area contributed by atoms with Crippen LogP contribution in [-0.4, -0.2) is 61.5 Å². The number of hydrogen-bond acceptors (Lipinski definition) is 6. The number of carbonyl (C=O) groups excluding carboxylic acids is 2. The van der Waals surface area contributed by atoms with Crippen molar-refractivity contribution >= 4 is 29.1 Å². The lowest BCUT2D eigenvalue weighted by Gasteiger charge is -2.36. The van der Waals surface area contributed by atoms with E-state index in [0.29, 0.717) is 22.8 Å². The average molecular weight is 520 g/mol. The normalized spacial score (nSPS) is 15.8. The molecule has 0 saturated carbocycles. The molecular formula is C29H30ClN3O4. The van der Waals surface area contributed by atoms with Gasteiger partial charge in [-0.25, -0.2) is 0 Å². The fourth-order valence-corrected chi connectivity index (χ4v) is 5.25. The van der Waals surface area contributed by atoms with Gasteiger partial charge in [-0.3, -0.25) is 19.4 Å². The first-order valence-corrected chi connectivity index (χ1v) is 12.9. The topological polar surface area (TPSA) is 62.3 Å². The van der Waals surface area contributed by atoms with Gasteiger partial charge in [0.05, 0.1) is 37.1 Å². The summed E-state index contributed by atoms with van der Waals surface area (Å²) >= 11 is 6.11. The summed E-state index contributed by atoms with van der Waals surface area (Å²) in [5.74, 6) is 0.980. The van der Waals surface area contributed by atoms with Gasteiger partial charge in [-0.15, -0.1) is 0 Å². The summed E-state index contributed by atoms with van der Waals surface area (Å²) in [6.45, 7) is 6.75. The highest BCUT2D eigenvalue weighted by Gasteiger charge is 2.38. The van der Waals surface area contributed by atoms with Crippen molar-refractivity contribution in [2.24, 2.45) is 0 Å². The first kappa shape index (κ1) is 25.1. The van der Waals surface area contributed by atoms with Crippen LogP contribution in [0.1, 0.15) is 38.8 Å². The Kier molecular flexibility index (Phi) is 7.35. The van der Waals surface area contributed by atoms with Crippen molar-refractivity contribution in [3.63, 3.8) is 0 Å². The van der Waals surface area contributed by atoms with E-state index in [1.165, 1.54) is 4.90 Å². The molecule has 2 aliphatic heterocycles. The summed E-state index contributed by atoms with van der Waals surface area (Å²) in [5, 5.41) is 0.580. The fraction of sp³-hybridized carbons (Fsp3) is 0.310. The smallest absolute Gasteiger partial charge is 0.263 e. The Morgan fingerprint density at radius 1 is 0.838 bits per heavy atom. The number of fused-ring (bicyclic) bond motifs is 1. The third kappa shape index (κ3) is 5.15. The minimum Gasteiger partial charge on any atom is -0.493 e. The second kappa shape index (κ2) is 10.8. The predicted molar refractivity (Wildman–Crippen MR) is 144 cm³/mol. The van der Waals surface area contributed by atoms with E-state index in [4.69, 9.17) is 21.1 Å². The average Bonchev–Trinajstić information content (AvgIpc) is 3.14. The zero-order chi connectivity index (χ0) is 25.9. The first-order chi connectivity index (χ1) is 18.0. The van der Waals surface area contributed by atoms with Crippen molar-refractivity contribution in [3.8, 4) is 11.5 Å². The van der Waals surface area contributed by atoms with E-state index in [2.05, 4.69) is 15.9 Å². The van der Waals surface area contributed by atoms with Gasteiger partial charge in [0.1, 0.15) is 0 Å². The molecule has 1 fully saturated rings. The fourth-order valence-electron chi connectivity index (χ4n) is 5.03. The molecule has 0 aliphatic carbocycles. The van der Waals surface area contributed by atoms with Gasteiger partial charge >= 0.3 is 0 Å². The van der Waals surface area contributed by atoms with E-state index in [-0.39, 0.29) is 18.4 Å². The molecule has 0 spiro atoms. The Balaban J connectivity index is 1.28. The van der Waals surface area contributed by atoms with Crippen LogP contribution < -0.4 is 14.4 Å². The lowest BCUT2D eigenvalue weighted by molar-refractivity contribution is 0.0642. The van der Waals surface area contributed by atoms with Crippen LogP contribution in [0.5, 0.6) is 11.5 Å². The highest BCUT2D eigenvalue weighted by atomic mass is 35.5. The molecule has 2 amide bonds. The van der Waals surface area contributed by atoms with Crippen molar-refractivity contribution < 1.29 is 19.1 Å². The van der Waals surface area contributed by atoms with Crippen molar-refractivity contribution in [1.29, 1.82) is 0 Å². The minimum atomic E-state index is -0.259. The van der Waals surface area contributed by atoms with Gasteiger partial charge in [0.15, 0.2) is 11.5 Å². The van der Waals surface area contributed by atoms with Gasteiger partial charge in [0.25, 0.3) is 11.8 Å². The van der Waals surface area contributed by atoms with Crippen LogP contribution >= 0.6 is 11.6 Å². The zero-order valence-electron chi connectivity index (χ0n) is 21.1. The summed E-state index contributed by atoms with van der Waals surface area (Å²) in [4.78, 5) is 32.5. The van der Waals surface area contributed by atoms with Crippen LogP contribution in [0.15, 0.2) is 60.7 Å². The van der Waals surface area contributed by atoms with E-state index in [1.54, 1.807) is 25.3 Å². The highest BCUT2D eigenvalue weighted by Crippen LogP contribution is 2.34. The molecule has 2 aliphatic rings. The molecule has 1 saturated heterocycles. The Bertz CT molecular complexity index is 1320. The molecule has 0 bridgehead atoms. The van der Waals surface area contributed by atoms with Crippen molar-refractivity contribution in [3.05, 3.63) is 87.9 Å². The molecule has 192 valence electrons.